The Bertz CT molecular complexity index is 960. The van der Waals surface area contributed by atoms with Crippen LogP contribution in [0.25, 0.3) is 22.3 Å². The minimum absolute atomic E-state index is 0.313. The SMILES string of the molecule is COC(=O)c1ccc(C)cc1-c1ccccc1-c1c(C)cc(C)cc1C. The zero-order valence-electron chi connectivity index (χ0n) is 16.0. The summed E-state index contributed by atoms with van der Waals surface area (Å²) in [4.78, 5) is 12.3. The lowest BCUT2D eigenvalue weighted by molar-refractivity contribution is 0.0601. The third-order valence-corrected chi connectivity index (χ3v) is 4.74. The molecule has 0 fully saturated rings. The molecule has 3 aromatic carbocycles. The maximum absolute atomic E-state index is 12.3. The van der Waals surface area contributed by atoms with Crippen molar-refractivity contribution in [3.8, 4) is 22.3 Å². The van der Waals surface area contributed by atoms with Crippen molar-refractivity contribution in [1.82, 2.24) is 0 Å². The van der Waals surface area contributed by atoms with E-state index in [9.17, 15) is 4.79 Å². The number of aryl methyl sites for hydroxylation is 4. The van der Waals surface area contributed by atoms with Crippen molar-refractivity contribution >= 4 is 5.97 Å². The van der Waals surface area contributed by atoms with E-state index in [0.29, 0.717) is 5.56 Å². The van der Waals surface area contributed by atoms with Crippen LogP contribution in [0.3, 0.4) is 0 Å². The van der Waals surface area contributed by atoms with Gasteiger partial charge in [-0.05, 0) is 67.1 Å². The predicted molar refractivity (Wildman–Crippen MR) is 108 cm³/mol. The van der Waals surface area contributed by atoms with Crippen LogP contribution in [0.5, 0.6) is 0 Å². The molecule has 0 amide bonds. The van der Waals surface area contributed by atoms with Crippen LogP contribution in [-0.4, -0.2) is 13.1 Å². The zero-order valence-corrected chi connectivity index (χ0v) is 16.0. The Morgan fingerprint density at radius 1 is 0.731 bits per heavy atom. The molecule has 0 aliphatic carbocycles. The van der Waals surface area contributed by atoms with E-state index in [1.807, 2.05) is 31.2 Å². The van der Waals surface area contributed by atoms with Crippen LogP contribution in [0.1, 0.15) is 32.6 Å². The van der Waals surface area contributed by atoms with E-state index in [1.165, 1.54) is 29.4 Å². The summed E-state index contributed by atoms with van der Waals surface area (Å²) in [6.45, 7) is 8.44. The lowest BCUT2D eigenvalue weighted by atomic mass is 9.87. The number of benzene rings is 3. The first-order valence-electron chi connectivity index (χ1n) is 8.79. The maximum atomic E-state index is 12.3. The summed E-state index contributed by atoms with van der Waals surface area (Å²) in [6.07, 6.45) is 0. The molecule has 0 unspecified atom stereocenters. The van der Waals surface area contributed by atoms with Gasteiger partial charge in [-0.3, -0.25) is 0 Å². The lowest BCUT2D eigenvalue weighted by Crippen LogP contribution is -2.04. The Kier molecular flexibility index (Phi) is 4.94. The highest BCUT2D eigenvalue weighted by Gasteiger charge is 2.18. The van der Waals surface area contributed by atoms with Crippen LogP contribution >= 0.6 is 0 Å². The molecule has 2 heteroatoms. The molecule has 0 heterocycles. The number of hydrogen-bond donors (Lipinski definition) is 0. The van der Waals surface area contributed by atoms with E-state index in [-0.39, 0.29) is 5.97 Å². The largest absolute Gasteiger partial charge is 0.465 e. The van der Waals surface area contributed by atoms with Crippen LogP contribution in [0.4, 0.5) is 0 Å². The van der Waals surface area contributed by atoms with E-state index in [1.54, 1.807) is 0 Å². The summed E-state index contributed by atoms with van der Waals surface area (Å²) in [5, 5.41) is 0. The Morgan fingerprint density at radius 2 is 1.35 bits per heavy atom. The Labute approximate surface area is 155 Å². The van der Waals surface area contributed by atoms with Gasteiger partial charge in [-0.15, -0.1) is 0 Å². The van der Waals surface area contributed by atoms with Gasteiger partial charge in [0, 0.05) is 0 Å². The van der Waals surface area contributed by atoms with Gasteiger partial charge in [-0.2, -0.15) is 0 Å². The minimum Gasteiger partial charge on any atom is -0.465 e. The number of rotatable bonds is 3. The molecule has 0 saturated heterocycles. The van der Waals surface area contributed by atoms with E-state index < -0.39 is 0 Å². The second-order valence-electron chi connectivity index (χ2n) is 6.86. The van der Waals surface area contributed by atoms with Gasteiger partial charge < -0.3 is 4.74 Å². The summed E-state index contributed by atoms with van der Waals surface area (Å²) in [6, 6.07) is 18.5. The van der Waals surface area contributed by atoms with Crippen molar-refractivity contribution in [3.63, 3.8) is 0 Å². The highest BCUT2D eigenvalue weighted by Crippen LogP contribution is 2.38. The number of hydrogen-bond acceptors (Lipinski definition) is 2. The van der Waals surface area contributed by atoms with Crippen LogP contribution in [-0.2, 0) is 4.74 Å². The molecule has 26 heavy (non-hydrogen) atoms. The van der Waals surface area contributed by atoms with Gasteiger partial charge in [0.1, 0.15) is 0 Å². The highest BCUT2D eigenvalue weighted by atomic mass is 16.5. The monoisotopic (exact) mass is 344 g/mol. The van der Waals surface area contributed by atoms with Crippen molar-refractivity contribution in [1.29, 1.82) is 0 Å². The first kappa shape index (κ1) is 17.9. The smallest absolute Gasteiger partial charge is 0.338 e. The van der Waals surface area contributed by atoms with Gasteiger partial charge >= 0.3 is 5.97 Å². The van der Waals surface area contributed by atoms with Crippen molar-refractivity contribution in [2.45, 2.75) is 27.7 Å². The van der Waals surface area contributed by atoms with Crippen LogP contribution in [0, 0.1) is 27.7 Å². The van der Waals surface area contributed by atoms with Crippen molar-refractivity contribution in [2.75, 3.05) is 7.11 Å². The van der Waals surface area contributed by atoms with Gasteiger partial charge in [-0.1, -0.05) is 59.7 Å². The average Bonchev–Trinajstić information content (AvgIpc) is 2.60. The number of ether oxygens (including phenoxy) is 1. The predicted octanol–water partition coefficient (Wildman–Crippen LogP) is 6.04. The molecule has 0 spiro atoms. The van der Waals surface area contributed by atoms with Gasteiger partial charge in [0.2, 0.25) is 0 Å². The molecule has 0 bridgehead atoms. The summed E-state index contributed by atoms with van der Waals surface area (Å²) < 4.78 is 5.01. The fraction of sp³-hybridized carbons (Fsp3) is 0.208. The van der Waals surface area contributed by atoms with Crippen LogP contribution < -0.4 is 0 Å². The zero-order chi connectivity index (χ0) is 18.8. The Hall–Kier alpha value is -2.87. The molecular weight excluding hydrogens is 320 g/mol. The summed E-state index contributed by atoms with van der Waals surface area (Å²) in [7, 11) is 1.42. The molecule has 0 atom stereocenters. The summed E-state index contributed by atoms with van der Waals surface area (Å²) in [5.74, 6) is -0.313. The number of esters is 1. The van der Waals surface area contributed by atoms with E-state index in [4.69, 9.17) is 4.74 Å². The third kappa shape index (κ3) is 3.28. The fourth-order valence-corrected chi connectivity index (χ4v) is 3.71. The highest BCUT2D eigenvalue weighted by molar-refractivity contribution is 6.00. The topological polar surface area (TPSA) is 26.3 Å². The molecule has 132 valence electrons. The molecule has 0 N–H and O–H groups in total. The second kappa shape index (κ2) is 7.17. The van der Waals surface area contributed by atoms with Crippen LogP contribution in [0.2, 0.25) is 0 Å². The second-order valence-corrected chi connectivity index (χ2v) is 6.86. The minimum atomic E-state index is -0.313. The van der Waals surface area contributed by atoms with E-state index in [2.05, 4.69) is 51.1 Å². The van der Waals surface area contributed by atoms with Gasteiger partial charge in [-0.25, -0.2) is 4.79 Å². The molecule has 0 aliphatic heterocycles. The van der Waals surface area contributed by atoms with Gasteiger partial charge in [0.05, 0.1) is 12.7 Å². The molecule has 2 nitrogen and oxygen atoms in total. The quantitative estimate of drug-likeness (QED) is 0.541. The van der Waals surface area contributed by atoms with Gasteiger partial charge in [0.15, 0.2) is 0 Å². The number of carbonyl (C=O) groups is 1. The van der Waals surface area contributed by atoms with Crippen molar-refractivity contribution < 1.29 is 9.53 Å². The molecule has 3 aromatic rings. The molecular formula is C24H24O2. The lowest BCUT2D eigenvalue weighted by Gasteiger charge is -2.18. The molecule has 0 radical (unpaired) electrons. The molecule has 0 saturated carbocycles. The summed E-state index contributed by atoms with van der Waals surface area (Å²) in [5.41, 5.74) is 9.75. The molecule has 3 rings (SSSR count). The van der Waals surface area contributed by atoms with E-state index >= 15 is 0 Å². The average molecular weight is 344 g/mol. The first-order valence-corrected chi connectivity index (χ1v) is 8.79. The number of carbonyl (C=O) groups excluding carboxylic acids is 1. The van der Waals surface area contributed by atoms with E-state index in [0.717, 1.165) is 22.3 Å². The fourth-order valence-electron chi connectivity index (χ4n) is 3.71. The van der Waals surface area contributed by atoms with Crippen molar-refractivity contribution in [3.05, 3.63) is 82.4 Å². The third-order valence-electron chi connectivity index (χ3n) is 4.74. The molecule has 0 aromatic heterocycles. The van der Waals surface area contributed by atoms with Crippen LogP contribution in [0.15, 0.2) is 54.6 Å². The standard InChI is InChI=1S/C24H24O2/c1-15-10-11-21(24(25)26-5)22(14-15)19-8-6-7-9-20(19)23-17(3)12-16(2)13-18(23)4/h6-14H,1-5H3. The normalized spacial score (nSPS) is 10.7. The Morgan fingerprint density at radius 3 is 1.96 bits per heavy atom. The summed E-state index contributed by atoms with van der Waals surface area (Å²) >= 11 is 0. The van der Waals surface area contributed by atoms with Gasteiger partial charge in [0.25, 0.3) is 0 Å². The maximum Gasteiger partial charge on any atom is 0.338 e. The molecule has 0 aliphatic rings. The number of methoxy groups -OCH3 is 1. The first-order chi connectivity index (χ1) is 12.4. The Balaban J connectivity index is 2.32. The van der Waals surface area contributed by atoms with Crippen molar-refractivity contribution in [2.24, 2.45) is 0 Å².